The van der Waals surface area contributed by atoms with Crippen LogP contribution < -0.4 is 5.32 Å². The molecular weight excluding hydrogens is 376 g/mol. The Morgan fingerprint density at radius 1 is 1.03 bits per heavy atom. The van der Waals surface area contributed by atoms with Crippen LogP contribution in [0.25, 0.3) is 11.5 Å². The van der Waals surface area contributed by atoms with Crippen molar-refractivity contribution in [1.82, 2.24) is 10.3 Å². The predicted molar refractivity (Wildman–Crippen MR) is 115 cm³/mol. The van der Waals surface area contributed by atoms with Crippen LogP contribution in [0.4, 0.5) is 0 Å². The molecular formula is C25H26N2O3. The van der Waals surface area contributed by atoms with E-state index in [0.717, 1.165) is 36.1 Å². The molecule has 2 aromatic carbocycles. The van der Waals surface area contributed by atoms with Gasteiger partial charge in [0.15, 0.2) is 5.78 Å². The molecule has 3 aromatic rings. The van der Waals surface area contributed by atoms with Crippen molar-refractivity contribution in [2.45, 2.75) is 45.4 Å². The summed E-state index contributed by atoms with van der Waals surface area (Å²) in [5, 5.41) is 2.86. The highest BCUT2D eigenvalue weighted by Gasteiger charge is 2.15. The van der Waals surface area contributed by atoms with Crippen LogP contribution in [0, 0.1) is 6.92 Å². The lowest BCUT2D eigenvalue weighted by atomic mass is 10.0. The average molecular weight is 402 g/mol. The number of Topliss-reactive ketones (excluding diaryl/α,β-unsaturated/α-hetero) is 1. The average Bonchev–Trinajstić information content (AvgIpc) is 3.41. The number of aromatic nitrogens is 1. The zero-order valence-corrected chi connectivity index (χ0v) is 17.2. The van der Waals surface area contributed by atoms with Crippen molar-refractivity contribution >= 4 is 11.7 Å². The van der Waals surface area contributed by atoms with E-state index in [-0.39, 0.29) is 24.5 Å². The van der Waals surface area contributed by atoms with Gasteiger partial charge in [-0.2, -0.15) is 0 Å². The topological polar surface area (TPSA) is 72.2 Å². The summed E-state index contributed by atoms with van der Waals surface area (Å²) >= 11 is 0. The summed E-state index contributed by atoms with van der Waals surface area (Å²) in [5.74, 6) is 0.488. The largest absolute Gasteiger partial charge is 0.444 e. The maximum absolute atomic E-state index is 12.4. The molecule has 0 bridgehead atoms. The number of rotatable bonds is 8. The van der Waals surface area contributed by atoms with Gasteiger partial charge in [0, 0.05) is 36.9 Å². The van der Waals surface area contributed by atoms with E-state index in [9.17, 15) is 9.59 Å². The molecule has 1 amide bonds. The SMILES string of the molecule is Cc1ccc(-c2nc(CCNC(=O)CCC(=O)c3ccc4c(c3)CCC4)co2)cc1. The van der Waals surface area contributed by atoms with Gasteiger partial charge in [0.1, 0.15) is 6.26 Å². The zero-order chi connectivity index (χ0) is 20.9. The van der Waals surface area contributed by atoms with E-state index in [2.05, 4.69) is 16.4 Å². The van der Waals surface area contributed by atoms with Crippen LogP contribution in [-0.2, 0) is 24.1 Å². The normalized spacial score (nSPS) is 12.6. The van der Waals surface area contributed by atoms with Gasteiger partial charge < -0.3 is 9.73 Å². The Balaban J connectivity index is 1.21. The Kier molecular flexibility index (Phi) is 6.07. The molecule has 0 radical (unpaired) electrons. The van der Waals surface area contributed by atoms with Crippen molar-refractivity contribution in [1.29, 1.82) is 0 Å². The number of amides is 1. The Morgan fingerprint density at radius 3 is 2.67 bits per heavy atom. The molecule has 5 nitrogen and oxygen atoms in total. The number of aryl methyl sites for hydroxylation is 3. The van der Waals surface area contributed by atoms with Gasteiger partial charge in [-0.1, -0.05) is 29.8 Å². The fraction of sp³-hybridized carbons (Fsp3) is 0.320. The molecule has 0 saturated carbocycles. The number of carbonyl (C=O) groups is 2. The summed E-state index contributed by atoms with van der Waals surface area (Å²) in [6.07, 6.45) is 5.94. The number of benzene rings is 2. The standard InChI is InChI=1S/C25H26N2O3/c1-17-5-7-19(8-6-17)25-27-22(16-30-25)13-14-26-24(29)12-11-23(28)21-10-9-18-3-2-4-20(18)15-21/h5-10,15-16H,2-4,11-14H2,1H3,(H,26,29). The molecule has 1 aliphatic rings. The second-order valence-corrected chi connectivity index (χ2v) is 7.87. The lowest BCUT2D eigenvalue weighted by Crippen LogP contribution is -2.26. The number of ketones is 1. The number of carbonyl (C=O) groups excluding carboxylic acids is 2. The van der Waals surface area contributed by atoms with Crippen LogP contribution in [-0.4, -0.2) is 23.2 Å². The van der Waals surface area contributed by atoms with Crippen molar-refractivity contribution in [3.63, 3.8) is 0 Å². The van der Waals surface area contributed by atoms with E-state index in [4.69, 9.17) is 4.42 Å². The van der Waals surface area contributed by atoms with Crippen LogP contribution in [0.3, 0.4) is 0 Å². The molecule has 30 heavy (non-hydrogen) atoms. The smallest absolute Gasteiger partial charge is 0.226 e. The second-order valence-electron chi connectivity index (χ2n) is 7.87. The van der Waals surface area contributed by atoms with Gasteiger partial charge in [-0.25, -0.2) is 4.98 Å². The van der Waals surface area contributed by atoms with Crippen molar-refractivity contribution in [2.24, 2.45) is 0 Å². The molecule has 4 rings (SSSR count). The second kappa shape index (κ2) is 9.08. The van der Waals surface area contributed by atoms with Gasteiger partial charge in [0.25, 0.3) is 0 Å². The van der Waals surface area contributed by atoms with Crippen molar-refractivity contribution in [3.8, 4) is 11.5 Å². The third kappa shape index (κ3) is 4.85. The van der Waals surface area contributed by atoms with Gasteiger partial charge in [0.2, 0.25) is 11.8 Å². The predicted octanol–water partition coefficient (Wildman–Crippen LogP) is 4.46. The third-order valence-corrected chi connectivity index (χ3v) is 5.55. The molecule has 1 N–H and O–H groups in total. The Hall–Kier alpha value is -3.21. The first-order valence-corrected chi connectivity index (χ1v) is 10.5. The molecule has 0 fully saturated rings. The van der Waals surface area contributed by atoms with Crippen LogP contribution in [0.2, 0.25) is 0 Å². The molecule has 5 heteroatoms. The van der Waals surface area contributed by atoms with Gasteiger partial charge in [-0.15, -0.1) is 0 Å². The Bertz CT molecular complexity index is 1050. The van der Waals surface area contributed by atoms with Crippen LogP contribution >= 0.6 is 0 Å². The highest BCUT2D eigenvalue weighted by molar-refractivity contribution is 5.98. The number of nitrogens with one attached hydrogen (secondary N) is 1. The molecule has 0 atom stereocenters. The van der Waals surface area contributed by atoms with Crippen molar-refractivity contribution in [2.75, 3.05) is 6.54 Å². The molecule has 0 unspecified atom stereocenters. The van der Waals surface area contributed by atoms with E-state index in [0.29, 0.717) is 18.9 Å². The first-order valence-electron chi connectivity index (χ1n) is 10.5. The van der Waals surface area contributed by atoms with Crippen molar-refractivity contribution in [3.05, 3.63) is 76.7 Å². The maximum atomic E-state index is 12.4. The summed E-state index contributed by atoms with van der Waals surface area (Å²) < 4.78 is 5.54. The fourth-order valence-corrected chi connectivity index (χ4v) is 3.79. The monoisotopic (exact) mass is 402 g/mol. The molecule has 0 spiro atoms. The first kappa shape index (κ1) is 20.1. The zero-order valence-electron chi connectivity index (χ0n) is 17.2. The lowest BCUT2D eigenvalue weighted by Gasteiger charge is -2.06. The van der Waals surface area contributed by atoms with E-state index < -0.39 is 0 Å². The minimum Gasteiger partial charge on any atom is -0.444 e. The number of fused-ring (bicyclic) bond motifs is 1. The number of hydrogen-bond donors (Lipinski definition) is 1. The summed E-state index contributed by atoms with van der Waals surface area (Å²) in [5.41, 5.74) is 6.25. The number of oxazole rings is 1. The van der Waals surface area contributed by atoms with Crippen LogP contribution in [0.1, 0.15) is 52.0 Å². The van der Waals surface area contributed by atoms with Gasteiger partial charge in [-0.3, -0.25) is 9.59 Å². The minimum absolute atomic E-state index is 0.0269. The highest BCUT2D eigenvalue weighted by Crippen LogP contribution is 2.23. The van der Waals surface area contributed by atoms with Gasteiger partial charge in [-0.05, 0) is 55.5 Å². The summed E-state index contributed by atoms with van der Waals surface area (Å²) in [4.78, 5) is 29.0. The number of nitrogens with zero attached hydrogens (tertiary/aromatic N) is 1. The third-order valence-electron chi connectivity index (χ3n) is 5.55. The van der Waals surface area contributed by atoms with E-state index in [1.165, 1.54) is 16.7 Å². The molecule has 0 saturated heterocycles. The minimum atomic E-state index is -0.119. The summed E-state index contributed by atoms with van der Waals surface area (Å²) in [7, 11) is 0. The lowest BCUT2D eigenvalue weighted by molar-refractivity contribution is -0.121. The highest BCUT2D eigenvalue weighted by atomic mass is 16.3. The van der Waals surface area contributed by atoms with Crippen LogP contribution in [0.5, 0.6) is 0 Å². The quantitative estimate of drug-likeness (QED) is 0.565. The van der Waals surface area contributed by atoms with E-state index in [1.807, 2.05) is 43.3 Å². The van der Waals surface area contributed by atoms with Gasteiger partial charge >= 0.3 is 0 Å². The van der Waals surface area contributed by atoms with Crippen LogP contribution in [0.15, 0.2) is 53.1 Å². The van der Waals surface area contributed by atoms with E-state index in [1.54, 1.807) is 6.26 Å². The summed E-state index contributed by atoms with van der Waals surface area (Å²) in [6, 6.07) is 13.9. The molecule has 1 aromatic heterocycles. The first-order chi connectivity index (χ1) is 14.6. The van der Waals surface area contributed by atoms with E-state index >= 15 is 0 Å². The molecule has 0 aliphatic heterocycles. The summed E-state index contributed by atoms with van der Waals surface area (Å²) in [6.45, 7) is 2.50. The van der Waals surface area contributed by atoms with Gasteiger partial charge in [0.05, 0.1) is 5.69 Å². The molecule has 1 aliphatic carbocycles. The van der Waals surface area contributed by atoms with Crippen molar-refractivity contribution < 1.29 is 14.0 Å². The number of hydrogen-bond acceptors (Lipinski definition) is 4. The molecule has 154 valence electrons. The fourth-order valence-electron chi connectivity index (χ4n) is 3.79. The Labute approximate surface area is 176 Å². The maximum Gasteiger partial charge on any atom is 0.226 e. The Morgan fingerprint density at radius 2 is 1.83 bits per heavy atom. The molecule has 1 heterocycles.